The number of halogens is 4. The lowest BCUT2D eigenvalue weighted by Crippen LogP contribution is -2.21. The van der Waals surface area contributed by atoms with Gasteiger partial charge in [0.25, 0.3) is 0 Å². The van der Waals surface area contributed by atoms with Crippen LogP contribution in [-0.4, -0.2) is 6.04 Å². The van der Waals surface area contributed by atoms with Crippen molar-refractivity contribution in [3.63, 3.8) is 0 Å². The van der Waals surface area contributed by atoms with Crippen molar-refractivity contribution in [3.8, 4) is 11.1 Å². The van der Waals surface area contributed by atoms with Gasteiger partial charge in [-0.2, -0.15) is 0 Å². The van der Waals surface area contributed by atoms with E-state index in [0.717, 1.165) is 5.56 Å². The van der Waals surface area contributed by atoms with Crippen LogP contribution < -0.4 is 5.32 Å². The van der Waals surface area contributed by atoms with Crippen LogP contribution in [0.15, 0.2) is 34.8 Å². The van der Waals surface area contributed by atoms with Crippen molar-refractivity contribution in [2.45, 2.75) is 26.4 Å². The Hall–Kier alpha value is -0.970. The monoisotopic (exact) mass is 373 g/mol. The molecule has 0 saturated carbocycles. The zero-order valence-electron chi connectivity index (χ0n) is 11.7. The molecule has 0 aliphatic carbocycles. The Kier molecular flexibility index (Phi) is 5.36. The highest BCUT2D eigenvalue weighted by Gasteiger charge is 2.17. The molecule has 2 aromatic carbocycles. The van der Waals surface area contributed by atoms with Crippen LogP contribution in [0.5, 0.6) is 0 Å². The average molecular weight is 375 g/mol. The Morgan fingerprint density at radius 3 is 2.52 bits per heavy atom. The van der Waals surface area contributed by atoms with Gasteiger partial charge in [0.15, 0.2) is 0 Å². The van der Waals surface area contributed by atoms with Gasteiger partial charge in [-0.25, -0.2) is 8.78 Å². The number of hydrogen-bond donors (Lipinski definition) is 1. The minimum atomic E-state index is -0.648. The second-order valence-electron chi connectivity index (χ2n) is 5.07. The lowest BCUT2D eigenvalue weighted by Gasteiger charge is -2.12. The number of hydrogen-bond acceptors (Lipinski definition) is 1. The van der Waals surface area contributed by atoms with Crippen molar-refractivity contribution in [2.24, 2.45) is 0 Å². The molecule has 1 N–H and O–H groups in total. The number of nitrogens with one attached hydrogen (secondary N) is 1. The van der Waals surface area contributed by atoms with Gasteiger partial charge in [-0.1, -0.05) is 37.6 Å². The first-order valence-electron chi connectivity index (χ1n) is 6.56. The smallest absolute Gasteiger partial charge is 0.148 e. The molecule has 0 amide bonds. The van der Waals surface area contributed by atoms with Crippen molar-refractivity contribution in [1.29, 1.82) is 0 Å². The first kappa shape index (κ1) is 16.4. The molecule has 0 radical (unpaired) electrons. The molecule has 0 fully saturated rings. The van der Waals surface area contributed by atoms with Gasteiger partial charge in [-0.15, -0.1) is 0 Å². The van der Waals surface area contributed by atoms with E-state index in [9.17, 15) is 8.78 Å². The molecule has 5 heteroatoms. The molecule has 0 bridgehead atoms. The third-order valence-corrected chi connectivity index (χ3v) is 3.99. The Bertz CT molecular complexity index is 659. The third kappa shape index (κ3) is 3.82. The van der Waals surface area contributed by atoms with Gasteiger partial charge in [0.1, 0.15) is 11.6 Å². The number of benzene rings is 2. The van der Waals surface area contributed by atoms with Gasteiger partial charge < -0.3 is 5.32 Å². The first-order chi connectivity index (χ1) is 9.90. The number of rotatable bonds is 4. The molecule has 21 heavy (non-hydrogen) atoms. The Morgan fingerprint density at radius 2 is 1.90 bits per heavy atom. The molecule has 0 spiro atoms. The van der Waals surface area contributed by atoms with Crippen LogP contribution in [0.25, 0.3) is 11.1 Å². The lowest BCUT2D eigenvalue weighted by atomic mass is 10.0. The fraction of sp³-hybridized carbons (Fsp3) is 0.250. The van der Waals surface area contributed by atoms with E-state index in [2.05, 4.69) is 21.2 Å². The molecule has 0 aliphatic heterocycles. The Morgan fingerprint density at radius 1 is 1.19 bits per heavy atom. The second kappa shape index (κ2) is 6.86. The van der Waals surface area contributed by atoms with Gasteiger partial charge in [-0.3, -0.25) is 0 Å². The molecule has 0 saturated heterocycles. The normalized spacial score (nSPS) is 11.2. The average Bonchev–Trinajstić information content (AvgIpc) is 2.43. The first-order valence-corrected chi connectivity index (χ1v) is 7.73. The third-order valence-electron chi connectivity index (χ3n) is 3.06. The molecule has 0 aromatic heterocycles. The van der Waals surface area contributed by atoms with Crippen LogP contribution in [0.2, 0.25) is 5.02 Å². The van der Waals surface area contributed by atoms with Gasteiger partial charge in [0.2, 0.25) is 0 Å². The summed E-state index contributed by atoms with van der Waals surface area (Å²) in [5.41, 5.74) is 1.20. The van der Waals surface area contributed by atoms with Gasteiger partial charge >= 0.3 is 0 Å². The zero-order chi connectivity index (χ0) is 15.6. The van der Waals surface area contributed by atoms with Crippen molar-refractivity contribution < 1.29 is 8.78 Å². The van der Waals surface area contributed by atoms with Crippen LogP contribution in [0, 0.1) is 11.6 Å². The van der Waals surface area contributed by atoms with E-state index in [1.54, 1.807) is 12.1 Å². The Balaban J connectivity index is 2.40. The minimum absolute atomic E-state index is 0.113. The summed E-state index contributed by atoms with van der Waals surface area (Å²) in [7, 11) is 0. The predicted octanol–water partition coefficient (Wildman–Crippen LogP) is 5.55. The highest BCUT2D eigenvalue weighted by Crippen LogP contribution is 2.35. The van der Waals surface area contributed by atoms with Crippen LogP contribution >= 0.6 is 27.5 Å². The largest absolute Gasteiger partial charge is 0.310 e. The molecule has 0 heterocycles. The lowest BCUT2D eigenvalue weighted by molar-refractivity contribution is 0.585. The SMILES string of the molecule is CC(C)NCc1ccc(-c2c(F)ccc(Br)c2F)c(Cl)c1. The van der Waals surface area contributed by atoms with E-state index in [-0.39, 0.29) is 10.0 Å². The van der Waals surface area contributed by atoms with Crippen LogP contribution in [0.1, 0.15) is 19.4 Å². The Labute approximate surface area is 136 Å². The van der Waals surface area contributed by atoms with Crippen molar-refractivity contribution >= 4 is 27.5 Å². The minimum Gasteiger partial charge on any atom is -0.310 e. The fourth-order valence-electron chi connectivity index (χ4n) is 1.97. The zero-order valence-corrected chi connectivity index (χ0v) is 14.0. The van der Waals surface area contributed by atoms with Gasteiger partial charge in [0, 0.05) is 23.2 Å². The topological polar surface area (TPSA) is 12.0 Å². The molecule has 2 rings (SSSR count). The molecule has 0 aliphatic rings. The van der Waals surface area contributed by atoms with E-state index < -0.39 is 11.6 Å². The van der Waals surface area contributed by atoms with Crippen LogP contribution in [-0.2, 0) is 6.54 Å². The van der Waals surface area contributed by atoms with E-state index in [1.807, 2.05) is 19.9 Å². The molecule has 1 nitrogen and oxygen atoms in total. The molecular formula is C16H15BrClF2N. The van der Waals surface area contributed by atoms with E-state index in [4.69, 9.17) is 11.6 Å². The van der Waals surface area contributed by atoms with E-state index >= 15 is 0 Å². The van der Waals surface area contributed by atoms with Crippen molar-refractivity contribution in [3.05, 3.63) is 57.0 Å². The van der Waals surface area contributed by atoms with E-state index in [0.29, 0.717) is 23.2 Å². The van der Waals surface area contributed by atoms with Gasteiger partial charge in [-0.05, 0) is 39.7 Å². The summed E-state index contributed by atoms with van der Waals surface area (Å²) in [4.78, 5) is 0. The summed E-state index contributed by atoms with van der Waals surface area (Å²) < 4.78 is 28.3. The quantitative estimate of drug-likeness (QED) is 0.692. The summed E-state index contributed by atoms with van der Waals surface area (Å²) >= 11 is 9.26. The van der Waals surface area contributed by atoms with Crippen LogP contribution in [0.3, 0.4) is 0 Å². The summed E-state index contributed by atoms with van der Waals surface area (Å²) in [6.45, 7) is 4.74. The highest BCUT2D eigenvalue weighted by molar-refractivity contribution is 9.10. The van der Waals surface area contributed by atoms with Crippen molar-refractivity contribution in [1.82, 2.24) is 5.32 Å². The molecule has 0 unspecified atom stereocenters. The molecular weight excluding hydrogens is 360 g/mol. The summed E-state index contributed by atoms with van der Waals surface area (Å²) in [6.07, 6.45) is 0. The fourth-order valence-corrected chi connectivity index (χ4v) is 2.60. The maximum atomic E-state index is 14.1. The summed E-state index contributed by atoms with van der Waals surface area (Å²) in [5.74, 6) is -1.28. The highest BCUT2D eigenvalue weighted by atomic mass is 79.9. The molecule has 0 atom stereocenters. The second-order valence-corrected chi connectivity index (χ2v) is 6.33. The molecule has 112 valence electrons. The maximum absolute atomic E-state index is 14.1. The molecule has 2 aromatic rings. The predicted molar refractivity (Wildman–Crippen MR) is 86.5 cm³/mol. The van der Waals surface area contributed by atoms with Crippen molar-refractivity contribution in [2.75, 3.05) is 0 Å². The standard InChI is InChI=1S/C16H15BrClF2N/c1-9(2)21-8-10-3-4-11(13(18)7-10)15-14(19)6-5-12(17)16(15)20/h3-7,9,21H,8H2,1-2H3. The summed E-state index contributed by atoms with van der Waals surface area (Å²) in [5, 5.41) is 3.59. The summed E-state index contributed by atoms with van der Waals surface area (Å²) in [6, 6.07) is 8.09. The van der Waals surface area contributed by atoms with E-state index in [1.165, 1.54) is 12.1 Å². The van der Waals surface area contributed by atoms with Crippen LogP contribution in [0.4, 0.5) is 8.78 Å². The van der Waals surface area contributed by atoms with Gasteiger partial charge in [0.05, 0.1) is 10.0 Å². The maximum Gasteiger partial charge on any atom is 0.148 e.